The quantitative estimate of drug-likeness (QED) is 0.684. The van der Waals surface area contributed by atoms with Crippen molar-refractivity contribution in [2.45, 2.75) is 0 Å². The minimum Gasteiger partial charge on any atom is -0.330 e. The number of imidazole rings is 1. The molecule has 0 aliphatic rings. The third-order valence-corrected chi connectivity index (χ3v) is 2.62. The van der Waals surface area contributed by atoms with E-state index in [0.29, 0.717) is 6.29 Å². The van der Waals surface area contributed by atoms with Crippen molar-refractivity contribution in [2.75, 3.05) is 0 Å². The third kappa shape index (κ3) is 2.10. The molecule has 0 saturated carbocycles. The van der Waals surface area contributed by atoms with Gasteiger partial charge in [0.05, 0.1) is 0 Å². The van der Waals surface area contributed by atoms with Crippen LogP contribution in [0.2, 0.25) is 0 Å². The molecule has 0 saturated heterocycles. The van der Waals surface area contributed by atoms with Crippen LogP contribution >= 0.6 is 15.9 Å². The monoisotopic (exact) mass is 304 g/mol. The lowest BCUT2D eigenvalue weighted by atomic mass is 10.1. The molecule has 0 radical (unpaired) electrons. The number of nitrogens with zero attached hydrogens (tertiary/aromatic N) is 1. The van der Waals surface area contributed by atoms with E-state index in [1.165, 1.54) is 0 Å². The van der Waals surface area contributed by atoms with Gasteiger partial charge in [0.25, 0.3) is 0 Å². The summed E-state index contributed by atoms with van der Waals surface area (Å²) in [5.41, 5.74) is 0.155. The molecule has 1 N–H and O–H groups in total. The van der Waals surface area contributed by atoms with Crippen molar-refractivity contribution in [1.29, 1.82) is 0 Å². The molecule has 0 unspecified atom stereocenters. The molecule has 1 aromatic carbocycles. The van der Waals surface area contributed by atoms with Crippen molar-refractivity contribution in [2.24, 2.45) is 0 Å². The van der Waals surface area contributed by atoms with E-state index in [2.05, 4.69) is 25.9 Å². The van der Waals surface area contributed by atoms with Crippen molar-refractivity contribution in [3.05, 3.63) is 40.0 Å². The number of H-pyrrole nitrogens is 1. The molecule has 2 rings (SSSR count). The molecule has 7 heteroatoms. The van der Waals surface area contributed by atoms with E-state index in [0.717, 1.165) is 12.1 Å². The molecular formula is C10H4BrF3N2O. The molecule has 0 spiro atoms. The Hall–Kier alpha value is -1.63. The molecule has 3 nitrogen and oxygen atoms in total. The van der Waals surface area contributed by atoms with Crippen molar-refractivity contribution in [3.8, 4) is 11.3 Å². The number of benzene rings is 1. The summed E-state index contributed by atoms with van der Waals surface area (Å²) in [6.45, 7) is 0. The maximum absolute atomic E-state index is 13.0. The second-order valence-electron chi connectivity index (χ2n) is 3.16. The van der Waals surface area contributed by atoms with Gasteiger partial charge in [-0.25, -0.2) is 18.2 Å². The predicted octanol–water partition coefficient (Wildman–Crippen LogP) is 3.07. The fraction of sp³-hybridized carbons (Fsp3) is 0. The first-order chi connectivity index (χ1) is 8.02. The normalized spacial score (nSPS) is 10.6. The first-order valence-electron chi connectivity index (χ1n) is 4.38. The Morgan fingerprint density at radius 2 is 1.82 bits per heavy atom. The van der Waals surface area contributed by atoms with Gasteiger partial charge >= 0.3 is 0 Å². The van der Waals surface area contributed by atoms with E-state index in [-0.39, 0.29) is 21.7 Å². The number of nitrogens with one attached hydrogen (secondary N) is 1. The van der Waals surface area contributed by atoms with Crippen LogP contribution < -0.4 is 0 Å². The van der Waals surface area contributed by atoms with E-state index in [4.69, 9.17) is 0 Å². The van der Waals surface area contributed by atoms with Gasteiger partial charge < -0.3 is 4.98 Å². The van der Waals surface area contributed by atoms with E-state index in [1.54, 1.807) is 0 Å². The van der Waals surface area contributed by atoms with Crippen LogP contribution in [0.25, 0.3) is 11.3 Å². The highest BCUT2D eigenvalue weighted by Crippen LogP contribution is 2.28. The Morgan fingerprint density at radius 3 is 2.29 bits per heavy atom. The van der Waals surface area contributed by atoms with Crippen LogP contribution in [0.3, 0.4) is 0 Å². The zero-order valence-electron chi connectivity index (χ0n) is 8.10. The molecule has 88 valence electrons. The highest BCUT2D eigenvalue weighted by molar-refractivity contribution is 9.10. The number of carbonyl (C=O) groups excluding carboxylic acids is 1. The summed E-state index contributed by atoms with van der Waals surface area (Å²) in [7, 11) is 0. The first kappa shape index (κ1) is 11.8. The summed E-state index contributed by atoms with van der Waals surface area (Å²) >= 11 is 3.05. The Bertz CT molecular complexity index is 574. The average molecular weight is 305 g/mol. The average Bonchev–Trinajstić information content (AvgIpc) is 2.67. The highest BCUT2D eigenvalue weighted by atomic mass is 79.9. The molecule has 0 amide bonds. The lowest BCUT2D eigenvalue weighted by Crippen LogP contribution is -1.92. The van der Waals surface area contributed by atoms with E-state index < -0.39 is 17.5 Å². The van der Waals surface area contributed by atoms with Gasteiger partial charge in [0.2, 0.25) is 0 Å². The summed E-state index contributed by atoms with van der Waals surface area (Å²) in [5, 5.41) is 0. The number of halogens is 4. The van der Waals surface area contributed by atoms with Crippen molar-refractivity contribution in [1.82, 2.24) is 9.97 Å². The van der Waals surface area contributed by atoms with Gasteiger partial charge in [-0.1, -0.05) is 0 Å². The minimum absolute atomic E-state index is 0.00276. The topological polar surface area (TPSA) is 45.8 Å². The molecule has 2 aromatic rings. The predicted molar refractivity (Wildman–Crippen MR) is 57.0 cm³/mol. The SMILES string of the molecule is O=Cc1nc(-c2cc(F)c(F)c(F)c2)c(Br)[nH]1. The molecule has 0 bridgehead atoms. The second kappa shape index (κ2) is 4.33. The number of carbonyl (C=O) groups is 1. The maximum Gasteiger partial charge on any atom is 0.194 e. The number of aromatic nitrogens is 2. The van der Waals surface area contributed by atoms with Crippen LogP contribution in [0.15, 0.2) is 16.7 Å². The Kier molecular flexibility index (Phi) is 3.01. The van der Waals surface area contributed by atoms with Crippen LogP contribution in [0.1, 0.15) is 10.6 Å². The number of aldehydes is 1. The summed E-state index contributed by atoms with van der Waals surface area (Å²) in [6, 6.07) is 1.60. The molecular weight excluding hydrogens is 301 g/mol. The molecule has 1 heterocycles. The Morgan fingerprint density at radius 1 is 1.24 bits per heavy atom. The fourth-order valence-corrected chi connectivity index (χ4v) is 1.83. The van der Waals surface area contributed by atoms with Gasteiger partial charge in [-0.2, -0.15) is 0 Å². The zero-order chi connectivity index (χ0) is 12.6. The number of hydrogen-bond donors (Lipinski definition) is 1. The summed E-state index contributed by atoms with van der Waals surface area (Å²) in [4.78, 5) is 16.8. The standard InChI is InChI=1S/C10H4BrF3N2O/c11-10-9(15-7(3-17)16-10)4-1-5(12)8(14)6(13)2-4/h1-3H,(H,15,16). The van der Waals surface area contributed by atoms with Gasteiger partial charge in [0.15, 0.2) is 29.6 Å². The molecule has 0 aliphatic carbocycles. The summed E-state index contributed by atoms with van der Waals surface area (Å²) in [5.74, 6) is -4.18. The van der Waals surface area contributed by atoms with Crippen LogP contribution in [0.4, 0.5) is 13.2 Å². The maximum atomic E-state index is 13.0. The fourth-order valence-electron chi connectivity index (χ4n) is 1.31. The number of hydrogen-bond acceptors (Lipinski definition) is 2. The highest BCUT2D eigenvalue weighted by Gasteiger charge is 2.16. The third-order valence-electron chi connectivity index (χ3n) is 2.05. The van der Waals surface area contributed by atoms with Crippen LogP contribution in [0.5, 0.6) is 0 Å². The van der Waals surface area contributed by atoms with Crippen LogP contribution in [0, 0.1) is 17.5 Å². The number of rotatable bonds is 2. The first-order valence-corrected chi connectivity index (χ1v) is 5.18. The van der Waals surface area contributed by atoms with Crippen molar-refractivity contribution in [3.63, 3.8) is 0 Å². The van der Waals surface area contributed by atoms with Crippen LogP contribution in [-0.4, -0.2) is 16.3 Å². The molecule has 17 heavy (non-hydrogen) atoms. The van der Waals surface area contributed by atoms with Gasteiger partial charge in [-0.05, 0) is 28.1 Å². The van der Waals surface area contributed by atoms with Crippen molar-refractivity contribution < 1.29 is 18.0 Å². The van der Waals surface area contributed by atoms with E-state index >= 15 is 0 Å². The molecule has 0 aliphatic heterocycles. The number of aromatic amines is 1. The smallest absolute Gasteiger partial charge is 0.194 e. The summed E-state index contributed by atoms with van der Waals surface area (Å²) < 4.78 is 39.1. The Labute approximate surface area is 102 Å². The van der Waals surface area contributed by atoms with Crippen LogP contribution in [-0.2, 0) is 0 Å². The Balaban J connectivity index is 2.60. The van der Waals surface area contributed by atoms with Gasteiger partial charge in [0.1, 0.15) is 10.3 Å². The largest absolute Gasteiger partial charge is 0.330 e. The van der Waals surface area contributed by atoms with Crippen molar-refractivity contribution >= 4 is 22.2 Å². The van der Waals surface area contributed by atoms with E-state index in [1.807, 2.05) is 0 Å². The molecule has 1 aromatic heterocycles. The van der Waals surface area contributed by atoms with Gasteiger partial charge in [0, 0.05) is 5.56 Å². The van der Waals surface area contributed by atoms with Gasteiger partial charge in [-0.3, -0.25) is 4.79 Å². The van der Waals surface area contributed by atoms with Gasteiger partial charge in [-0.15, -0.1) is 0 Å². The summed E-state index contributed by atoms with van der Waals surface area (Å²) in [6.07, 6.45) is 0.449. The lowest BCUT2D eigenvalue weighted by Gasteiger charge is -2.00. The molecule has 0 fully saturated rings. The van der Waals surface area contributed by atoms with E-state index in [9.17, 15) is 18.0 Å². The molecule has 0 atom stereocenters. The second-order valence-corrected chi connectivity index (χ2v) is 3.95. The minimum atomic E-state index is -1.55. The zero-order valence-corrected chi connectivity index (χ0v) is 9.69. The lowest BCUT2D eigenvalue weighted by molar-refractivity contribution is 0.111.